The van der Waals surface area contributed by atoms with Crippen molar-refractivity contribution in [2.24, 2.45) is 11.8 Å². The van der Waals surface area contributed by atoms with Crippen molar-refractivity contribution in [1.82, 2.24) is 14.5 Å². The van der Waals surface area contributed by atoms with Crippen LogP contribution in [-0.2, 0) is 4.74 Å². The molecule has 2 fully saturated rings. The second-order valence-corrected chi connectivity index (χ2v) is 7.77. The average molecular weight is 324 g/mol. The molecular weight excluding hydrogens is 308 g/mol. The number of hydrogen-bond donors (Lipinski definition) is 1. The number of thiazole rings is 1. The Morgan fingerprint density at radius 2 is 2.33 bits per heavy atom. The summed E-state index contributed by atoms with van der Waals surface area (Å²) in [4.78, 5) is 20.3. The van der Waals surface area contributed by atoms with Gasteiger partial charge in [-0.3, -0.25) is 9.36 Å². The topological polar surface area (TPSA) is 83.0 Å². The summed E-state index contributed by atoms with van der Waals surface area (Å²) in [6.45, 7) is 2.24. The van der Waals surface area contributed by atoms with Gasteiger partial charge in [0.25, 0.3) is 0 Å². The van der Waals surface area contributed by atoms with Crippen LogP contribution < -0.4 is 10.6 Å². The fraction of sp³-hybridized carbons (Fsp3) is 0.615. The van der Waals surface area contributed by atoms with E-state index in [2.05, 4.69) is 16.9 Å². The number of hydrogen-bond acceptors (Lipinski definition) is 7. The number of thioether (sulfide) groups is 1. The van der Waals surface area contributed by atoms with E-state index in [1.807, 2.05) is 0 Å². The van der Waals surface area contributed by atoms with E-state index in [1.54, 1.807) is 22.5 Å². The van der Waals surface area contributed by atoms with Crippen molar-refractivity contribution in [2.75, 3.05) is 11.5 Å². The minimum atomic E-state index is -0.253. The van der Waals surface area contributed by atoms with Gasteiger partial charge >= 0.3 is 4.87 Å². The molecule has 0 spiro atoms. The number of anilines is 1. The fourth-order valence-electron chi connectivity index (χ4n) is 2.77. The largest absolute Gasteiger partial charge is 0.368 e. The number of aromatic nitrogens is 3. The van der Waals surface area contributed by atoms with E-state index in [0.717, 1.165) is 27.7 Å². The molecule has 8 heteroatoms. The van der Waals surface area contributed by atoms with Gasteiger partial charge in [-0.2, -0.15) is 4.98 Å². The molecule has 1 saturated heterocycles. The van der Waals surface area contributed by atoms with Gasteiger partial charge < -0.3 is 10.5 Å². The molecule has 3 heterocycles. The lowest BCUT2D eigenvalue weighted by Crippen LogP contribution is -2.24. The van der Waals surface area contributed by atoms with Crippen LogP contribution >= 0.6 is 23.1 Å². The molecule has 2 aromatic rings. The van der Waals surface area contributed by atoms with Gasteiger partial charge in [-0.1, -0.05) is 18.3 Å². The first-order chi connectivity index (χ1) is 10.1. The van der Waals surface area contributed by atoms with Crippen LogP contribution in [0.5, 0.6) is 0 Å². The second kappa shape index (κ2) is 4.96. The fourth-order valence-corrected chi connectivity index (χ4v) is 4.91. The van der Waals surface area contributed by atoms with Crippen molar-refractivity contribution >= 4 is 39.4 Å². The highest BCUT2D eigenvalue weighted by Gasteiger charge is 2.39. The lowest BCUT2D eigenvalue weighted by molar-refractivity contribution is -0.00514. The second-order valence-electron chi connectivity index (χ2n) is 5.64. The van der Waals surface area contributed by atoms with Crippen LogP contribution in [0.25, 0.3) is 10.3 Å². The average Bonchev–Trinajstić information content (AvgIpc) is 3.11. The van der Waals surface area contributed by atoms with Crippen molar-refractivity contribution < 1.29 is 4.74 Å². The molecule has 6 nitrogen and oxygen atoms in total. The minimum Gasteiger partial charge on any atom is -0.368 e. The zero-order valence-electron chi connectivity index (χ0n) is 11.6. The molecule has 2 N–H and O–H groups in total. The number of rotatable bonds is 3. The Labute approximate surface area is 129 Å². The molecule has 2 aliphatic rings. The zero-order chi connectivity index (χ0) is 14.6. The summed E-state index contributed by atoms with van der Waals surface area (Å²) in [6, 6.07) is 0. The molecule has 21 heavy (non-hydrogen) atoms. The summed E-state index contributed by atoms with van der Waals surface area (Å²) in [5.41, 5.74) is 6.40. The van der Waals surface area contributed by atoms with Gasteiger partial charge in [-0.05, 0) is 24.7 Å². The van der Waals surface area contributed by atoms with Crippen LogP contribution in [0.1, 0.15) is 26.0 Å². The maximum Gasteiger partial charge on any atom is 0.311 e. The molecule has 4 rings (SSSR count). The van der Waals surface area contributed by atoms with Crippen LogP contribution in [-0.4, -0.2) is 25.7 Å². The van der Waals surface area contributed by atoms with E-state index in [9.17, 15) is 4.79 Å². The monoisotopic (exact) mass is 324 g/mol. The molecule has 0 radical (unpaired) electrons. The first kappa shape index (κ1) is 13.5. The van der Waals surface area contributed by atoms with Gasteiger partial charge in [0, 0.05) is 5.75 Å². The summed E-state index contributed by atoms with van der Waals surface area (Å²) in [5.74, 6) is 2.29. The lowest BCUT2D eigenvalue weighted by Gasteiger charge is -2.19. The molecule has 112 valence electrons. The number of ether oxygens (including phenoxy) is 1. The van der Waals surface area contributed by atoms with Crippen LogP contribution in [0.4, 0.5) is 5.95 Å². The van der Waals surface area contributed by atoms with Gasteiger partial charge in [-0.25, -0.2) is 4.98 Å². The number of nitrogen functional groups attached to an aromatic ring is 1. The standard InChI is InChI=1S/C13H16N4O2S2/c1-6(7-2-3-7)11-19-9(5-20-11)17-10-8(21-13(17)18)4-15-12(14)16-10/h4,6-7,9,11H,2-3,5H2,1H3,(H2,14,15,16)/t6-,9+,11-/m0/s1. The minimum absolute atomic E-state index is 0.0600. The van der Waals surface area contributed by atoms with E-state index in [-0.39, 0.29) is 22.5 Å². The molecule has 1 aliphatic heterocycles. The summed E-state index contributed by atoms with van der Waals surface area (Å²) in [6.07, 6.45) is 3.96. The number of nitrogens with zero attached hydrogens (tertiary/aromatic N) is 3. The Morgan fingerprint density at radius 3 is 3.10 bits per heavy atom. The van der Waals surface area contributed by atoms with Gasteiger partial charge in [0.15, 0.2) is 5.65 Å². The predicted octanol–water partition coefficient (Wildman–Crippen LogP) is 2.07. The molecule has 0 bridgehead atoms. The molecule has 3 atom stereocenters. The third kappa shape index (κ3) is 2.35. The van der Waals surface area contributed by atoms with Gasteiger partial charge in [0.1, 0.15) is 11.7 Å². The number of fused-ring (bicyclic) bond motifs is 1. The Hall–Kier alpha value is -1.12. The zero-order valence-corrected chi connectivity index (χ0v) is 13.2. The van der Waals surface area contributed by atoms with Gasteiger partial charge in [-0.15, -0.1) is 11.8 Å². The highest BCUT2D eigenvalue weighted by atomic mass is 32.2. The Morgan fingerprint density at radius 1 is 1.52 bits per heavy atom. The van der Waals surface area contributed by atoms with Crippen molar-refractivity contribution in [3.05, 3.63) is 15.9 Å². The Kier molecular flexibility index (Phi) is 3.20. The van der Waals surface area contributed by atoms with E-state index in [4.69, 9.17) is 10.5 Å². The highest BCUT2D eigenvalue weighted by Crippen LogP contribution is 2.46. The summed E-state index contributed by atoms with van der Waals surface area (Å²) < 4.78 is 8.51. The molecule has 0 amide bonds. The smallest absolute Gasteiger partial charge is 0.311 e. The van der Waals surface area contributed by atoms with Crippen LogP contribution in [0.15, 0.2) is 11.0 Å². The molecule has 0 unspecified atom stereocenters. The molecule has 0 aromatic carbocycles. The van der Waals surface area contributed by atoms with E-state index in [1.165, 1.54) is 12.8 Å². The third-order valence-corrected chi connectivity index (χ3v) is 6.38. The van der Waals surface area contributed by atoms with Crippen LogP contribution in [0, 0.1) is 11.8 Å². The molecule has 1 saturated carbocycles. The van der Waals surface area contributed by atoms with Crippen molar-refractivity contribution in [3.8, 4) is 0 Å². The maximum absolute atomic E-state index is 12.2. The third-order valence-electron chi connectivity index (χ3n) is 4.15. The lowest BCUT2D eigenvalue weighted by atomic mass is 10.1. The number of nitrogens with two attached hydrogens (primary N) is 1. The first-order valence-corrected chi connectivity index (χ1v) is 8.90. The molecular formula is C13H16N4O2S2. The van der Waals surface area contributed by atoms with Gasteiger partial charge in [0.05, 0.1) is 10.9 Å². The summed E-state index contributed by atoms with van der Waals surface area (Å²) in [7, 11) is 0. The highest BCUT2D eigenvalue weighted by molar-refractivity contribution is 8.00. The van der Waals surface area contributed by atoms with Crippen LogP contribution in [0.3, 0.4) is 0 Å². The summed E-state index contributed by atoms with van der Waals surface area (Å²) in [5, 5.41) is 0. The van der Waals surface area contributed by atoms with Crippen molar-refractivity contribution in [1.29, 1.82) is 0 Å². The summed E-state index contributed by atoms with van der Waals surface area (Å²) >= 11 is 2.93. The first-order valence-electron chi connectivity index (χ1n) is 7.04. The Bertz CT molecular complexity index is 739. The quantitative estimate of drug-likeness (QED) is 0.930. The SMILES string of the molecule is C[C@@H](C1CC1)[C@H]1O[C@@H](n2c(=O)sc3cnc(N)nc32)CS1. The van der Waals surface area contributed by atoms with Crippen molar-refractivity contribution in [2.45, 2.75) is 31.4 Å². The predicted molar refractivity (Wildman–Crippen MR) is 84.3 cm³/mol. The molecule has 2 aromatic heterocycles. The van der Waals surface area contributed by atoms with Crippen molar-refractivity contribution in [3.63, 3.8) is 0 Å². The van der Waals surface area contributed by atoms with Crippen LogP contribution in [0.2, 0.25) is 0 Å². The van der Waals surface area contributed by atoms with Gasteiger partial charge in [0.2, 0.25) is 5.95 Å². The molecule has 1 aliphatic carbocycles. The van der Waals surface area contributed by atoms with E-state index >= 15 is 0 Å². The Balaban J connectivity index is 1.66. The van der Waals surface area contributed by atoms with E-state index < -0.39 is 0 Å². The van der Waals surface area contributed by atoms with E-state index in [0.29, 0.717) is 11.6 Å². The normalized spacial score (nSPS) is 27.3. The maximum atomic E-state index is 12.2.